The summed E-state index contributed by atoms with van der Waals surface area (Å²) in [7, 11) is -0.736. The van der Waals surface area contributed by atoms with Gasteiger partial charge in [-0.3, -0.25) is 0 Å². The van der Waals surface area contributed by atoms with Gasteiger partial charge < -0.3 is 14.6 Å². The predicted octanol–water partition coefficient (Wildman–Crippen LogP) is 3.16. The van der Waals surface area contributed by atoms with E-state index in [4.69, 9.17) is 9.47 Å². The molecule has 148 valence electrons. The number of sulfonamides is 1. The number of benzene rings is 2. The van der Waals surface area contributed by atoms with Crippen molar-refractivity contribution in [2.24, 2.45) is 0 Å². The first-order valence-electron chi connectivity index (χ1n) is 8.63. The van der Waals surface area contributed by atoms with Crippen LogP contribution in [0.25, 0.3) is 0 Å². The number of aromatic hydroxyl groups is 1. The molecular formula is C20H27NO5S. The van der Waals surface area contributed by atoms with Crippen molar-refractivity contribution in [3.05, 3.63) is 46.0 Å². The fourth-order valence-corrected chi connectivity index (χ4v) is 4.72. The molecule has 0 spiro atoms. The highest BCUT2D eigenvalue weighted by Crippen LogP contribution is 2.37. The average molecular weight is 394 g/mol. The smallest absolute Gasteiger partial charge is 0.241 e. The van der Waals surface area contributed by atoms with Crippen LogP contribution in [-0.2, 0) is 16.4 Å². The van der Waals surface area contributed by atoms with E-state index in [1.807, 2.05) is 33.8 Å². The Morgan fingerprint density at radius 3 is 1.85 bits per heavy atom. The summed E-state index contributed by atoms with van der Waals surface area (Å²) in [5.41, 5.74) is 4.22. The highest BCUT2D eigenvalue weighted by Gasteiger charge is 2.21. The van der Waals surface area contributed by atoms with Gasteiger partial charge in [-0.15, -0.1) is 0 Å². The van der Waals surface area contributed by atoms with E-state index in [2.05, 4.69) is 4.72 Å². The number of hydrogen-bond donors (Lipinski definition) is 2. The zero-order chi connectivity index (χ0) is 20.4. The maximum atomic E-state index is 12.9. The molecule has 2 aromatic rings. The molecule has 2 aromatic carbocycles. The Hall–Kier alpha value is -2.25. The first-order chi connectivity index (χ1) is 12.6. The molecule has 0 heterocycles. The Balaban J connectivity index is 2.23. The van der Waals surface area contributed by atoms with Crippen LogP contribution in [0, 0.1) is 27.7 Å². The van der Waals surface area contributed by atoms with Crippen molar-refractivity contribution in [1.29, 1.82) is 0 Å². The lowest BCUT2D eigenvalue weighted by Crippen LogP contribution is -2.27. The van der Waals surface area contributed by atoms with Gasteiger partial charge in [0.25, 0.3) is 0 Å². The summed E-state index contributed by atoms with van der Waals surface area (Å²) < 4.78 is 38.7. The van der Waals surface area contributed by atoms with Crippen LogP contribution in [0.5, 0.6) is 17.2 Å². The number of phenolic OH excluding ortho intramolecular Hbond substituents is 1. The largest absolute Gasteiger partial charge is 0.502 e. The number of hydrogen-bond acceptors (Lipinski definition) is 5. The maximum absolute atomic E-state index is 12.9. The second kappa shape index (κ2) is 8.19. The van der Waals surface area contributed by atoms with Crippen LogP contribution in [0.2, 0.25) is 0 Å². The lowest BCUT2D eigenvalue weighted by Gasteiger charge is -2.16. The standard InChI is InChI=1S/C20H27NO5S/c1-12-9-13(2)15(4)20(14(12)3)27(23,24)21-8-7-16-10-17(25-5)19(22)18(11-16)26-6/h9-11,21-22H,7-8H2,1-6H3. The third kappa shape index (κ3) is 4.36. The van der Waals surface area contributed by atoms with E-state index >= 15 is 0 Å². The average Bonchev–Trinajstić information content (AvgIpc) is 2.61. The number of nitrogens with one attached hydrogen (secondary N) is 1. The van der Waals surface area contributed by atoms with Crippen molar-refractivity contribution < 1.29 is 23.0 Å². The van der Waals surface area contributed by atoms with Gasteiger partial charge in [-0.1, -0.05) is 6.07 Å². The molecule has 0 saturated carbocycles. The van der Waals surface area contributed by atoms with Gasteiger partial charge in [0.2, 0.25) is 15.8 Å². The van der Waals surface area contributed by atoms with Crippen molar-refractivity contribution in [3.63, 3.8) is 0 Å². The summed E-state index contributed by atoms with van der Waals surface area (Å²) in [4.78, 5) is 0.348. The number of methoxy groups -OCH3 is 2. The first-order valence-corrected chi connectivity index (χ1v) is 10.1. The summed E-state index contributed by atoms with van der Waals surface area (Å²) in [6.45, 7) is 7.69. The van der Waals surface area contributed by atoms with Gasteiger partial charge in [-0.2, -0.15) is 0 Å². The van der Waals surface area contributed by atoms with Gasteiger partial charge in [0, 0.05) is 6.54 Å². The second-order valence-corrected chi connectivity index (χ2v) is 8.29. The summed E-state index contributed by atoms with van der Waals surface area (Å²) >= 11 is 0. The van der Waals surface area contributed by atoms with Gasteiger partial charge in [0.05, 0.1) is 19.1 Å². The Bertz CT molecular complexity index is 900. The molecule has 0 fully saturated rings. The zero-order valence-corrected chi connectivity index (χ0v) is 17.5. The van der Waals surface area contributed by atoms with Gasteiger partial charge >= 0.3 is 0 Å². The third-order valence-corrected chi connectivity index (χ3v) is 6.55. The van der Waals surface area contributed by atoms with Crippen LogP contribution in [0.15, 0.2) is 23.1 Å². The SMILES string of the molecule is COc1cc(CCNS(=O)(=O)c2c(C)c(C)cc(C)c2C)cc(OC)c1O. The topological polar surface area (TPSA) is 84.9 Å². The van der Waals surface area contributed by atoms with Crippen LogP contribution in [-0.4, -0.2) is 34.3 Å². The predicted molar refractivity (Wildman–Crippen MR) is 105 cm³/mol. The van der Waals surface area contributed by atoms with Crippen molar-refractivity contribution in [1.82, 2.24) is 4.72 Å². The minimum Gasteiger partial charge on any atom is -0.502 e. The number of phenols is 1. The Morgan fingerprint density at radius 1 is 0.926 bits per heavy atom. The highest BCUT2D eigenvalue weighted by atomic mass is 32.2. The van der Waals surface area contributed by atoms with Crippen molar-refractivity contribution >= 4 is 10.0 Å². The molecule has 0 radical (unpaired) electrons. The molecule has 0 aliphatic heterocycles. The third-order valence-electron chi connectivity index (χ3n) is 4.81. The molecule has 27 heavy (non-hydrogen) atoms. The van der Waals surface area contributed by atoms with E-state index in [1.54, 1.807) is 12.1 Å². The van der Waals surface area contributed by atoms with E-state index in [1.165, 1.54) is 14.2 Å². The zero-order valence-electron chi connectivity index (χ0n) is 16.6. The maximum Gasteiger partial charge on any atom is 0.241 e. The van der Waals surface area contributed by atoms with E-state index in [-0.39, 0.29) is 23.8 Å². The number of ether oxygens (including phenoxy) is 2. The molecule has 0 bridgehead atoms. The van der Waals surface area contributed by atoms with Gasteiger partial charge in [-0.25, -0.2) is 13.1 Å². The fraction of sp³-hybridized carbons (Fsp3) is 0.400. The molecule has 0 saturated heterocycles. The molecule has 0 aliphatic rings. The Morgan fingerprint density at radius 2 is 1.41 bits per heavy atom. The first kappa shape index (κ1) is 21.1. The molecular weight excluding hydrogens is 366 g/mol. The molecule has 0 aromatic heterocycles. The van der Waals surface area contributed by atoms with Gasteiger partial charge in [0.15, 0.2) is 11.5 Å². The molecule has 0 unspecified atom stereocenters. The molecule has 0 atom stereocenters. The quantitative estimate of drug-likeness (QED) is 0.755. The number of aryl methyl sites for hydroxylation is 2. The van der Waals surface area contributed by atoms with Crippen molar-refractivity contribution in [2.75, 3.05) is 20.8 Å². The van der Waals surface area contributed by atoms with E-state index < -0.39 is 10.0 Å². The Labute approximate surface area is 161 Å². The molecule has 6 nitrogen and oxygen atoms in total. The molecule has 7 heteroatoms. The summed E-state index contributed by atoms with van der Waals surface area (Å²) in [5.74, 6) is 0.493. The van der Waals surface area contributed by atoms with Crippen LogP contribution in [0.1, 0.15) is 27.8 Å². The van der Waals surface area contributed by atoms with E-state index in [0.29, 0.717) is 11.3 Å². The molecule has 0 amide bonds. The summed E-state index contributed by atoms with van der Waals surface area (Å²) in [6.07, 6.45) is 0.426. The van der Waals surface area contributed by atoms with Crippen LogP contribution in [0.4, 0.5) is 0 Å². The Kier molecular flexibility index (Phi) is 6.38. The minimum atomic E-state index is -3.64. The van der Waals surface area contributed by atoms with E-state index in [0.717, 1.165) is 27.8 Å². The van der Waals surface area contributed by atoms with Gasteiger partial charge in [0.1, 0.15) is 0 Å². The number of rotatable bonds is 7. The lowest BCUT2D eigenvalue weighted by atomic mass is 10.0. The van der Waals surface area contributed by atoms with Crippen LogP contribution >= 0.6 is 0 Å². The summed E-state index contributed by atoms with van der Waals surface area (Å²) in [5, 5.41) is 9.97. The molecule has 2 N–H and O–H groups in total. The molecule has 2 rings (SSSR count). The molecule has 0 aliphatic carbocycles. The van der Waals surface area contributed by atoms with E-state index in [9.17, 15) is 13.5 Å². The fourth-order valence-electron chi connectivity index (χ4n) is 3.08. The highest BCUT2D eigenvalue weighted by molar-refractivity contribution is 7.89. The normalized spacial score (nSPS) is 11.5. The van der Waals surface area contributed by atoms with Crippen LogP contribution in [0.3, 0.4) is 0 Å². The van der Waals surface area contributed by atoms with Crippen molar-refractivity contribution in [3.8, 4) is 17.2 Å². The van der Waals surface area contributed by atoms with Crippen molar-refractivity contribution in [2.45, 2.75) is 39.0 Å². The van der Waals surface area contributed by atoms with Crippen LogP contribution < -0.4 is 14.2 Å². The minimum absolute atomic E-state index is 0.0779. The monoisotopic (exact) mass is 393 g/mol. The van der Waals surface area contributed by atoms with Gasteiger partial charge in [-0.05, 0) is 74.1 Å². The lowest BCUT2D eigenvalue weighted by molar-refractivity contribution is 0.339. The summed E-state index contributed by atoms with van der Waals surface area (Å²) in [6, 6.07) is 5.33. The second-order valence-electron chi connectivity index (χ2n) is 6.59.